The molecule has 116 valence electrons. The molecule has 0 aromatic heterocycles. The van der Waals surface area contributed by atoms with Crippen LogP contribution in [-0.2, 0) is 0 Å². The maximum atomic E-state index is 10.4. The summed E-state index contributed by atoms with van der Waals surface area (Å²) in [7, 11) is 2.19. The van der Waals surface area contributed by atoms with Crippen LogP contribution in [-0.4, -0.2) is 46.3 Å². The fourth-order valence-corrected chi connectivity index (χ4v) is 3.59. The summed E-state index contributed by atoms with van der Waals surface area (Å²) in [4.78, 5) is 12.8. The summed E-state index contributed by atoms with van der Waals surface area (Å²) in [5.74, 6) is -1.03. The number of carbonyl (C=O) groups is 1. The number of rotatable bonds is 1. The van der Waals surface area contributed by atoms with Gasteiger partial charge in [0.2, 0.25) is 0 Å². The molecule has 1 aromatic carbocycles. The molecule has 1 aromatic rings. The fraction of sp³-hybridized carbons (Fsp3) is 0.533. The fourth-order valence-electron chi connectivity index (χ4n) is 3.06. The van der Waals surface area contributed by atoms with Crippen molar-refractivity contribution < 1.29 is 15.0 Å². The molecule has 2 fully saturated rings. The molecule has 0 saturated carbocycles. The first-order valence-corrected chi connectivity index (χ1v) is 7.71. The topological polar surface area (TPSA) is 60.8 Å². The largest absolute Gasteiger partial charge is 0.478 e. The summed E-state index contributed by atoms with van der Waals surface area (Å²) in [5, 5.41) is 18.6. The van der Waals surface area contributed by atoms with Crippen molar-refractivity contribution in [1.82, 2.24) is 4.90 Å². The number of nitrogens with zero attached hydrogens (tertiary/aromatic N) is 1. The quantitative estimate of drug-likeness (QED) is 0.828. The van der Waals surface area contributed by atoms with E-state index in [1.807, 2.05) is 0 Å². The molecule has 0 radical (unpaired) electrons. The van der Waals surface area contributed by atoms with Crippen molar-refractivity contribution in [1.29, 1.82) is 0 Å². The first-order valence-electron chi connectivity index (χ1n) is 6.96. The van der Waals surface area contributed by atoms with E-state index in [-0.39, 0.29) is 11.7 Å². The molecular formula is C15H19Cl2NO3. The number of carboxylic acids is 1. The Hall–Kier alpha value is -0.810. The molecule has 3 atom stereocenters. The minimum Gasteiger partial charge on any atom is -0.478 e. The number of fused-ring (bicyclic) bond motifs is 2. The highest BCUT2D eigenvalue weighted by Gasteiger charge is 2.37. The van der Waals surface area contributed by atoms with Crippen LogP contribution in [0.5, 0.6) is 0 Å². The van der Waals surface area contributed by atoms with Gasteiger partial charge in [-0.1, -0.05) is 23.2 Å². The van der Waals surface area contributed by atoms with Gasteiger partial charge in [-0.15, -0.1) is 0 Å². The average Bonchev–Trinajstić information content (AvgIpc) is 2.61. The van der Waals surface area contributed by atoms with Crippen LogP contribution in [0.4, 0.5) is 0 Å². The van der Waals surface area contributed by atoms with Crippen molar-refractivity contribution in [3.05, 3.63) is 33.8 Å². The van der Waals surface area contributed by atoms with Gasteiger partial charge in [-0.25, -0.2) is 4.79 Å². The van der Waals surface area contributed by atoms with Gasteiger partial charge in [-0.3, -0.25) is 0 Å². The molecule has 3 rings (SSSR count). The minimum atomic E-state index is -1.03. The van der Waals surface area contributed by atoms with E-state index in [9.17, 15) is 9.90 Å². The molecule has 21 heavy (non-hydrogen) atoms. The highest BCUT2D eigenvalue weighted by molar-refractivity contribution is 6.35. The molecule has 6 heteroatoms. The number of carboxylic acid groups (broad SMARTS) is 1. The standard InChI is InChI=1S/C8H15NO.C7H4Cl2O2/c1-9-6-2-3-7(9)5-8(10)4-6;8-5-1-4(7(10)11)2-6(9)3-5/h6-8,10H,2-5H2,1H3;1-3H,(H,10,11)/t6-,7+,8?;. The zero-order valence-electron chi connectivity index (χ0n) is 11.8. The van der Waals surface area contributed by atoms with E-state index in [2.05, 4.69) is 11.9 Å². The minimum absolute atomic E-state index is 0.00583. The number of hydrogen-bond donors (Lipinski definition) is 2. The Labute approximate surface area is 134 Å². The molecule has 2 heterocycles. The van der Waals surface area contributed by atoms with Crippen LogP contribution in [0, 0.1) is 0 Å². The molecule has 2 bridgehead atoms. The molecule has 2 aliphatic heterocycles. The lowest BCUT2D eigenvalue weighted by Crippen LogP contribution is -2.41. The Bertz CT molecular complexity index is 489. The predicted molar refractivity (Wildman–Crippen MR) is 83.2 cm³/mol. The van der Waals surface area contributed by atoms with Crippen LogP contribution >= 0.6 is 23.2 Å². The van der Waals surface area contributed by atoms with E-state index >= 15 is 0 Å². The molecular weight excluding hydrogens is 313 g/mol. The summed E-state index contributed by atoms with van der Waals surface area (Å²) in [5.41, 5.74) is 0.0995. The van der Waals surface area contributed by atoms with Crippen LogP contribution in [0.15, 0.2) is 18.2 Å². The Morgan fingerprint density at radius 3 is 2.05 bits per heavy atom. The average molecular weight is 332 g/mol. The third-order valence-electron chi connectivity index (χ3n) is 4.18. The van der Waals surface area contributed by atoms with Gasteiger partial charge in [-0.05, 0) is 50.9 Å². The van der Waals surface area contributed by atoms with Gasteiger partial charge >= 0.3 is 5.97 Å². The second-order valence-corrected chi connectivity index (χ2v) is 6.51. The molecule has 2 aliphatic rings. The normalized spacial score (nSPS) is 27.9. The van der Waals surface area contributed by atoms with Gasteiger partial charge in [0.15, 0.2) is 0 Å². The molecule has 0 aliphatic carbocycles. The van der Waals surface area contributed by atoms with E-state index in [0.29, 0.717) is 22.1 Å². The predicted octanol–water partition coefficient (Wildman–Crippen LogP) is 3.30. The molecule has 0 spiro atoms. The zero-order valence-corrected chi connectivity index (χ0v) is 13.3. The molecule has 0 amide bonds. The lowest BCUT2D eigenvalue weighted by Gasteiger charge is -2.33. The van der Waals surface area contributed by atoms with Crippen molar-refractivity contribution in [2.75, 3.05) is 7.05 Å². The van der Waals surface area contributed by atoms with E-state index in [4.69, 9.17) is 28.3 Å². The Kier molecular flexibility index (Phi) is 5.49. The number of piperidine rings is 1. The smallest absolute Gasteiger partial charge is 0.335 e. The number of aromatic carboxylic acids is 1. The first-order chi connectivity index (χ1) is 9.86. The van der Waals surface area contributed by atoms with Gasteiger partial charge in [0.25, 0.3) is 0 Å². The molecule has 1 unspecified atom stereocenters. The summed E-state index contributed by atoms with van der Waals surface area (Å²) in [6.07, 6.45) is 4.62. The van der Waals surface area contributed by atoms with Crippen molar-refractivity contribution in [2.45, 2.75) is 43.9 Å². The van der Waals surface area contributed by atoms with Gasteiger partial charge < -0.3 is 15.1 Å². The van der Waals surface area contributed by atoms with Crippen molar-refractivity contribution >= 4 is 29.2 Å². The zero-order chi connectivity index (χ0) is 15.6. The highest BCUT2D eigenvalue weighted by atomic mass is 35.5. The Morgan fingerprint density at radius 2 is 1.62 bits per heavy atom. The van der Waals surface area contributed by atoms with Crippen molar-refractivity contribution in [3.8, 4) is 0 Å². The van der Waals surface area contributed by atoms with E-state index in [0.717, 1.165) is 12.8 Å². The monoisotopic (exact) mass is 331 g/mol. The van der Waals surface area contributed by atoms with Gasteiger partial charge in [-0.2, -0.15) is 0 Å². The Morgan fingerprint density at radius 1 is 1.14 bits per heavy atom. The first kappa shape index (κ1) is 16.6. The van der Waals surface area contributed by atoms with Crippen LogP contribution in [0.25, 0.3) is 0 Å². The number of aliphatic hydroxyl groups excluding tert-OH is 1. The second-order valence-electron chi connectivity index (χ2n) is 5.64. The molecule has 2 saturated heterocycles. The number of halogens is 2. The van der Waals surface area contributed by atoms with Gasteiger partial charge in [0, 0.05) is 22.1 Å². The van der Waals surface area contributed by atoms with Crippen LogP contribution in [0.2, 0.25) is 10.0 Å². The van der Waals surface area contributed by atoms with E-state index in [1.165, 1.54) is 31.0 Å². The number of benzene rings is 1. The lowest BCUT2D eigenvalue weighted by molar-refractivity contribution is 0.0503. The summed E-state index contributed by atoms with van der Waals surface area (Å²) in [6.45, 7) is 0. The van der Waals surface area contributed by atoms with E-state index in [1.54, 1.807) is 0 Å². The van der Waals surface area contributed by atoms with Crippen LogP contribution in [0.1, 0.15) is 36.0 Å². The third kappa shape index (κ3) is 4.33. The second kappa shape index (κ2) is 6.97. The lowest BCUT2D eigenvalue weighted by atomic mass is 10.0. The Balaban J connectivity index is 0.000000154. The highest BCUT2D eigenvalue weighted by Crippen LogP contribution is 2.33. The summed E-state index contributed by atoms with van der Waals surface area (Å²) >= 11 is 11.1. The molecule has 4 nitrogen and oxygen atoms in total. The number of hydrogen-bond acceptors (Lipinski definition) is 3. The third-order valence-corrected chi connectivity index (χ3v) is 4.62. The molecule has 2 N–H and O–H groups in total. The summed E-state index contributed by atoms with van der Waals surface area (Å²) < 4.78 is 0. The van der Waals surface area contributed by atoms with Gasteiger partial charge in [0.05, 0.1) is 11.7 Å². The SMILES string of the molecule is CN1[C@@H]2CC[C@H]1CC(O)C2.O=C(O)c1cc(Cl)cc(Cl)c1. The summed E-state index contributed by atoms with van der Waals surface area (Å²) in [6, 6.07) is 5.55. The van der Waals surface area contributed by atoms with Gasteiger partial charge in [0.1, 0.15) is 0 Å². The van der Waals surface area contributed by atoms with Crippen molar-refractivity contribution in [2.24, 2.45) is 0 Å². The van der Waals surface area contributed by atoms with Crippen LogP contribution < -0.4 is 0 Å². The van der Waals surface area contributed by atoms with Crippen LogP contribution in [0.3, 0.4) is 0 Å². The van der Waals surface area contributed by atoms with Crippen molar-refractivity contribution in [3.63, 3.8) is 0 Å². The maximum Gasteiger partial charge on any atom is 0.335 e. The maximum absolute atomic E-state index is 10.4. The number of aliphatic hydroxyl groups is 1. The van der Waals surface area contributed by atoms with E-state index < -0.39 is 5.97 Å².